The summed E-state index contributed by atoms with van der Waals surface area (Å²) in [6.45, 7) is 3.25. The number of likely N-dealkylation sites (N-methyl/N-ethyl adjacent to an activating group) is 2. The Kier molecular flexibility index (Phi) is 38.5. The number of nitrogens with zero attached hydrogens (tertiary/aromatic N) is 7. The Balaban J connectivity index is 1.14. The van der Waals surface area contributed by atoms with E-state index in [9.17, 15) is 67.7 Å². The standard InChI is InChI=1S/C90H122N22O20S/c1-51-88(130)109(5)70(41-54-22-19-34-95-45-54)85(127)103-65(44-73(93)116)83(125)106-77(55-23-16-24-55)87(129)100-62(29-18-33-72(92)115)89(131)110(6)69(40-53-20-8-7-9-21-53)84(126)102-63(42-56-46-107(3)67-30-12-10-25-58(56)67)81(123)98-60(27-14-15-35-96-90(132)112-38-36-111(37-39-112)48-75(118)119)79(121)101-64(43-57-47-108(4)68-31-13-11-26-59(57)68)82(124)105-76(52(2)113)86(128)99-61(28-17-32-71(91)114)80(122)104-66(78(94)120)49-133-50-74(117)97-51/h7-13,19-22,25-26,30-31,34,45-47,51-52,55,60-66,69-70,76-77,113H,14-18,23-24,27-29,32-33,35-44,48-50H2,1-6H3,(H2,91,114)(H2,92,115)(H2,93,116)(H2,94,120)(H,96,132)(H,97,117)(H,98,123)(H,99,128)(H,100,129)(H,101,121)(H,102,126)(H,103,127)(H,104,122)(H,105,124)(H,106,125)(H,118,119)/t51-,52-,60+,61+,62+,63+,64+,65+,66+,69+,70+,76+,77+/m1/s1. The molecule has 3 aromatic heterocycles. The highest BCUT2D eigenvalue weighted by Gasteiger charge is 2.43. The number of aliphatic carboxylic acids is 1. The summed E-state index contributed by atoms with van der Waals surface area (Å²) in [6, 6.07) is 5.53. The first-order valence-electron chi connectivity index (χ1n) is 44.3. The number of thioether (sulfide) groups is 1. The van der Waals surface area contributed by atoms with Crippen LogP contribution in [0.25, 0.3) is 21.8 Å². The number of nitrogens with one attached hydrogen (secondary N) is 11. The van der Waals surface area contributed by atoms with Gasteiger partial charge in [0, 0.05) is 152 Å². The van der Waals surface area contributed by atoms with Crippen LogP contribution < -0.4 is 81.4 Å². The number of aliphatic hydroxyl groups excluding tert-OH is 1. The summed E-state index contributed by atoms with van der Waals surface area (Å²) >= 11 is 0.763. The number of piperazine rings is 1. The number of hydrogen-bond donors (Lipinski definition) is 17. The van der Waals surface area contributed by atoms with Crippen molar-refractivity contribution in [2.24, 2.45) is 42.9 Å². The molecule has 718 valence electrons. The lowest BCUT2D eigenvalue weighted by atomic mass is 9.79. The minimum absolute atomic E-state index is 0.0174. The number of para-hydroxylation sites is 2. The number of primary amides is 4. The zero-order valence-corrected chi connectivity index (χ0v) is 76.1. The van der Waals surface area contributed by atoms with Crippen LogP contribution in [0.1, 0.15) is 120 Å². The van der Waals surface area contributed by atoms with E-state index in [0.717, 1.165) is 28.5 Å². The number of unbranched alkanes of at least 4 members (excludes halogenated alkanes) is 1. The Morgan fingerprint density at radius 2 is 1.00 bits per heavy atom. The number of rotatable bonds is 28. The SMILES string of the molecule is C[C@H]1NC(=O)CSC[C@@H](C(N)=O)NC(=O)[C@H](CCCC(N)=O)NC(=O)[C@H]([C@@H](C)O)NC(=O)[C@H](Cc2cn(C)c3ccccc23)NC(=O)[C@H](CCCCNC(=O)N2CCN(CC(=O)O)CC2)NC(=O)[C@H](Cc2cn(C)c3ccccc23)NC(=O)[C@H](Cc2ccccc2)N(C)C(=O)[C@H](CCCC(N)=O)NC(=O)[C@H](C2CCC2)NC(=O)[C@H](CC(N)=O)NC(=O)[C@H](Cc2cccnc2)N(C)C1=O. The topological polar surface area (TPSA) is 620 Å². The molecular weight excluding hydrogens is 1740 g/mol. The van der Waals surface area contributed by atoms with E-state index in [-0.39, 0.29) is 123 Å². The zero-order chi connectivity index (χ0) is 96.9. The molecule has 18 amide bonds. The summed E-state index contributed by atoms with van der Waals surface area (Å²) in [5.74, 6) is -18.4. The Morgan fingerprint density at radius 1 is 0.511 bits per heavy atom. The van der Waals surface area contributed by atoms with Crippen LogP contribution in [0.2, 0.25) is 0 Å². The first-order chi connectivity index (χ1) is 63.3. The Morgan fingerprint density at radius 3 is 1.54 bits per heavy atom. The molecule has 2 aliphatic heterocycles. The van der Waals surface area contributed by atoms with E-state index in [2.05, 4.69) is 63.5 Å². The van der Waals surface area contributed by atoms with E-state index < -0.39 is 209 Å². The second-order valence-electron chi connectivity index (χ2n) is 34.0. The lowest BCUT2D eigenvalue weighted by molar-refractivity contribution is -0.144. The molecule has 13 atom stereocenters. The van der Waals surface area contributed by atoms with Gasteiger partial charge >= 0.3 is 12.0 Å². The molecular formula is C90H122N22O20S. The second kappa shape index (κ2) is 49.6. The molecule has 3 aliphatic rings. The number of carbonyl (C=O) groups excluding carboxylic acids is 17. The summed E-state index contributed by atoms with van der Waals surface area (Å²) in [5.41, 5.74) is 26.0. The predicted molar refractivity (Wildman–Crippen MR) is 488 cm³/mol. The maximum Gasteiger partial charge on any atom is 0.317 e. The van der Waals surface area contributed by atoms with Crippen molar-refractivity contribution in [1.29, 1.82) is 0 Å². The third-order valence-electron chi connectivity index (χ3n) is 23.9. The highest BCUT2D eigenvalue weighted by molar-refractivity contribution is 8.00. The Hall–Kier alpha value is -13.6. The number of urea groups is 1. The van der Waals surface area contributed by atoms with E-state index in [0.29, 0.717) is 63.3 Å². The van der Waals surface area contributed by atoms with Crippen molar-refractivity contribution < 1.29 is 96.5 Å². The van der Waals surface area contributed by atoms with Gasteiger partial charge in [-0.15, -0.1) is 11.8 Å². The van der Waals surface area contributed by atoms with Crippen molar-refractivity contribution >= 4 is 140 Å². The molecule has 3 fully saturated rings. The maximum absolute atomic E-state index is 16.0. The van der Waals surface area contributed by atoms with Crippen LogP contribution in [-0.2, 0) is 121 Å². The van der Waals surface area contributed by atoms with Crippen molar-refractivity contribution in [1.82, 2.24) is 92.2 Å². The number of aliphatic hydroxyl groups is 1. The minimum Gasteiger partial charge on any atom is -0.480 e. The first-order valence-corrected chi connectivity index (χ1v) is 45.4. The van der Waals surface area contributed by atoms with E-state index in [4.69, 9.17) is 22.9 Å². The molecule has 6 aromatic rings. The largest absolute Gasteiger partial charge is 0.480 e. The van der Waals surface area contributed by atoms with E-state index in [1.54, 1.807) is 125 Å². The minimum atomic E-state index is -1.97. The number of benzene rings is 3. The second-order valence-corrected chi connectivity index (χ2v) is 35.0. The maximum atomic E-state index is 16.0. The van der Waals surface area contributed by atoms with Gasteiger partial charge in [-0.3, -0.25) is 91.4 Å². The zero-order valence-electron chi connectivity index (χ0n) is 75.3. The Bertz CT molecular complexity index is 5180. The molecule has 1 saturated carbocycles. The molecule has 0 bridgehead atoms. The number of hydrogen-bond acceptors (Lipinski definition) is 22. The molecule has 0 unspecified atom stereocenters. The lowest BCUT2D eigenvalue weighted by Crippen LogP contribution is -2.63. The van der Waals surface area contributed by atoms with Crippen molar-refractivity contribution in [2.75, 3.05) is 64.9 Å². The number of pyridine rings is 1. The van der Waals surface area contributed by atoms with Gasteiger partial charge in [0.2, 0.25) is 94.5 Å². The number of amides is 18. The molecule has 0 spiro atoms. The quantitative estimate of drug-likeness (QED) is 0.0218. The van der Waals surface area contributed by atoms with Crippen LogP contribution >= 0.6 is 11.8 Å². The molecule has 43 heteroatoms. The number of aromatic nitrogens is 3. The van der Waals surface area contributed by atoms with Gasteiger partial charge in [0.1, 0.15) is 72.5 Å². The van der Waals surface area contributed by atoms with Gasteiger partial charge in [-0.25, -0.2) is 4.79 Å². The molecule has 5 heterocycles. The molecule has 0 radical (unpaired) electrons. The van der Waals surface area contributed by atoms with Crippen LogP contribution in [0.15, 0.2) is 116 Å². The fourth-order valence-corrected chi connectivity index (χ4v) is 17.2. The fourth-order valence-electron chi connectivity index (χ4n) is 16.3. The normalized spacial score (nSPS) is 23.4. The summed E-state index contributed by atoms with van der Waals surface area (Å²) in [4.78, 5) is 267. The molecule has 9 rings (SSSR count). The summed E-state index contributed by atoms with van der Waals surface area (Å²) in [5, 5.41) is 51.7. The molecule has 3 aromatic carbocycles. The van der Waals surface area contributed by atoms with E-state index in [1.165, 1.54) is 38.3 Å². The van der Waals surface area contributed by atoms with Crippen LogP contribution in [0.5, 0.6) is 0 Å². The predicted octanol–water partition coefficient (Wildman–Crippen LogP) is -2.96. The van der Waals surface area contributed by atoms with Crippen LogP contribution in [-0.4, -0.2) is 294 Å². The molecule has 42 nitrogen and oxygen atoms in total. The summed E-state index contributed by atoms with van der Waals surface area (Å²) in [6.07, 6.45) is 2.11. The highest BCUT2D eigenvalue weighted by Crippen LogP contribution is 2.31. The lowest BCUT2D eigenvalue weighted by Gasteiger charge is -2.36. The van der Waals surface area contributed by atoms with Crippen LogP contribution in [0.3, 0.4) is 0 Å². The Labute approximate surface area is 772 Å². The number of carboxylic acids is 1. The summed E-state index contributed by atoms with van der Waals surface area (Å²) < 4.78 is 3.56. The summed E-state index contributed by atoms with van der Waals surface area (Å²) in [7, 11) is 6.02. The van der Waals surface area contributed by atoms with Crippen molar-refractivity contribution in [2.45, 2.75) is 202 Å². The van der Waals surface area contributed by atoms with Crippen LogP contribution in [0, 0.1) is 5.92 Å². The number of carboxylic acid groups (broad SMARTS) is 1. The van der Waals surface area contributed by atoms with Gasteiger partial charge in [0.25, 0.3) is 0 Å². The fraction of sp³-hybridized carbons (Fsp3) is 0.500. The van der Waals surface area contributed by atoms with Crippen LogP contribution in [0.4, 0.5) is 4.79 Å². The monoisotopic (exact) mass is 1860 g/mol. The van der Waals surface area contributed by atoms with Gasteiger partial charge < -0.3 is 115 Å². The smallest absolute Gasteiger partial charge is 0.317 e. The number of carbonyl (C=O) groups is 18. The van der Waals surface area contributed by atoms with Crippen molar-refractivity contribution in [3.63, 3.8) is 0 Å². The van der Waals surface area contributed by atoms with Gasteiger partial charge in [0.05, 0.1) is 24.8 Å². The average molecular weight is 1860 g/mol. The average Bonchev–Trinajstić information content (AvgIpc) is 1.66. The van der Waals surface area contributed by atoms with Gasteiger partial charge in [-0.05, 0) is 118 Å². The van der Waals surface area contributed by atoms with Gasteiger partial charge in [0.15, 0.2) is 0 Å². The molecule has 1 aliphatic carbocycles. The van der Waals surface area contributed by atoms with E-state index in [1.807, 2.05) is 6.07 Å². The molecule has 21 N–H and O–H groups in total. The first kappa shape index (κ1) is 103. The number of fused-ring (bicyclic) bond motifs is 2. The third kappa shape index (κ3) is 30.2. The molecule has 2 saturated heterocycles. The number of aryl methyl sites for hydroxylation is 2. The van der Waals surface area contributed by atoms with E-state index >= 15 is 28.8 Å². The van der Waals surface area contributed by atoms with Gasteiger partial charge in [-0.2, -0.15) is 0 Å². The van der Waals surface area contributed by atoms with Gasteiger partial charge in [-0.1, -0.05) is 79.2 Å². The number of nitrogens with two attached hydrogens (primary N) is 4. The van der Waals surface area contributed by atoms with Crippen molar-refractivity contribution in [3.8, 4) is 0 Å². The van der Waals surface area contributed by atoms with Crippen molar-refractivity contribution in [3.05, 3.63) is 138 Å². The molecule has 133 heavy (non-hydrogen) atoms. The highest BCUT2D eigenvalue weighted by atomic mass is 32.2. The third-order valence-corrected chi connectivity index (χ3v) is 24.9.